The fourth-order valence-corrected chi connectivity index (χ4v) is 1.64. The van der Waals surface area contributed by atoms with Crippen molar-refractivity contribution in [2.45, 2.75) is 6.18 Å². The highest BCUT2D eigenvalue weighted by molar-refractivity contribution is 5.90. The topological polar surface area (TPSA) is 53.2 Å². The van der Waals surface area contributed by atoms with Gasteiger partial charge in [0, 0.05) is 0 Å². The van der Waals surface area contributed by atoms with Crippen LogP contribution in [0.3, 0.4) is 0 Å². The zero-order valence-electron chi connectivity index (χ0n) is 10.7. The van der Waals surface area contributed by atoms with Crippen LogP contribution in [-0.2, 0) is 6.18 Å². The van der Waals surface area contributed by atoms with Gasteiger partial charge in [-0.15, -0.1) is 0 Å². The van der Waals surface area contributed by atoms with Crippen LogP contribution in [0.15, 0.2) is 54.6 Å². The van der Waals surface area contributed by atoms with Crippen LogP contribution >= 0.6 is 0 Å². The number of hydrazine groups is 1. The summed E-state index contributed by atoms with van der Waals surface area (Å²) in [5.41, 5.74) is 4.24. The van der Waals surface area contributed by atoms with E-state index in [9.17, 15) is 18.0 Å². The van der Waals surface area contributed by atoms with Gasteiger partial charge in [-0.1, -0.05) is 30.3 Å². The lowest BCUT2D eigenvalue weighted by Gasteiger charge is -2.14. The Kier molecular flexibility index (Phi) is 4.32. The van der Waals surface area contributed by atoms with E-state index in [-0.39, 0.29) is 5.69 Å². The summed E-state index contributed by atoms with van der Waals surface area (Å²) in [5, 5.41) is 2.15. The van der Waals surface area contributed by atoms with E-state index < -0.39 is 17.8 Å². The van der Waals surface area contributed by atoms with Crippen molar-refractivity contribution in [3.8, 4) is 0 Å². The minimum Gasteiger partial charge on any atom is -0.306 e. The molecule has 0 fully saturated rings. The Morgan fingerprint density at radius 3 is 2.19 bits per heavy atom. The number of amides is 2. The molecule has 0 heterocycles. The number of carbonyl (C=O) groups excluding carboxylic acids is 1. The second-order valence-electron chi connectivity index (χ2n) is 4.11. The van der Waals surface area contributed by atoms with Crippen molar-refractivity contribution in [3.63, 3.8) is 0 Å². The molecule has 0 spiro atoms. The summed E-state index contributed by atoms with van der Waals surface area (Å²) >= 11 is 0. The lowest BCUT2D eigenvalue weighted by molar-refractivity contribution is -0.136. The quantitative estimate of drug-likeness (QED) is 0.753. The highest BCUT2D eigenvalue weighted by Gasteiger charge is 2.33. The van der Waals surface area contributed by atoms with Gasteiger partial charge in [-0.2, -0.15) is 13.2 Å². The molecule has 3 N–H and O–H groups in total. The van der Waals surface area contributed by atoms with Gasteiger partial charge in [-0.05, 0) is 24.3 Å². The van der Waals surface area contributed by atoms with Crippen molar-refractivity contribution < 1.29 is 18.0 Å². The van der Waals surface area contributed by atoms with Crippen molar-refractivity contribution in [2.24, 2.45) is 0 Å². The standard InChI is InChI=1S/C14H12F3N3O/c15-14(16,17)11-8-4-5-9-12(11)18-13(21)20-19-10-6-2-1-3-7-10/h1-9,19H,(H2,18,20,21). The van der Waals surface area contributed by atoms with Crippen LogP contribution in [0.25, 0.3) is 0 Å². The van der Waals surface area contributed by atoms with E-state index in [4.69, 9.17) is 0 Å². The average molecular weight is 295 g/mol. The van der Waals surface area contributed by atoms with Gasteiger partial charge in [0.1, 0.15) is 0 Å². The average Bonchev–Trinajstić information content (AvgIpc) is 2.46. The molecule has 2 rings (SSSR count). The fraction of sp³-hybridized carbons (Fsp3) is 0.0714. The molecule has 0 unspecified atom stereocenters. The Morgan fingerprint density at radius 2 is 1.52 bits per heavy atom. The Balaban J connectivity index is 2.00. The molecule has 110 valence electrons. The minimum atomic E-state index is -4.53. The molecule has 2 aromatic carbocycles. The second kappa shape index (κ2) is 6.17. The number of hydrogen-bond donors (Lipinski definition) is 3. The van der Waals surface area contributed by atoms with Crippen molar-refractivity contribution in [1.82, 2.24) is 5.43 Å². The highest BCUT2D eigenvalue weighted by atomic mass is 19.4. The Morgan fingerprint density at radius 1 is 0.905 bits per heavy atom. The predicted molar refractivity (Wildman–Crippen MR) is 73.7 cm³/mol. The molecule has 0 saturated heterocycles. The monoisotopic (exact) mass is 295 g/mol. The molecule has 21 heavy (non-hydrogen) atoms. The molecule has 2 aromatic rings. The summed E-state index contributed by atoms with van der Waals surface area (Å²) in [6.07, 6.45) is -4.53. The largest absolute Gasteiger partial charge is 0.418 e. The van der Waals surface area contributed by atoms with Crippen LogP contribution in [0, 0.1) is 0 Å². The molecular weight excluding hydrogens is 283 g/mol. The highest BCUT2D eigenvalue weighted by Crippen LogP contribution is 2.34. The van der Waals surface area contributed by atoms with E-state index in [1.165, 1.54) is 18.2 Å². The SMILES string of the molecule is O=C(NNc1ccccc1)Nc1ccccc1C(F)(F)F. The molecule has 0 radical (unpaired) electrons. The fourth-order valence-electron chi connectivity index (χ4n) is 1.64. The molecule has 0 aromatic heterocycles. The van der Waals surface area contributed by atoms with Crippen LogP contribution in [-0.4, -0.2) is 6.03 Å². The molecular formula is C14H12F3N3O. The summed E-state index contributed by atoms with van der Waals surface area (Å²) in [7, 11) is 0. The molecule has 0 aliphatic rings. The van der Waals surface area contributed by atoms with Crippen LogP contribution in [0.2, 0.25) is 0 Å². The zero-order chi connectivity index (χ0) is 15.3. The first-order valence-electron chi connectivity index (χ1n) is 6.01. The molecule has 0 aliphatic heterocycles. The van der Waals surface area contributed by atoms with E-state index in [1.807, 2.05) is 0 Å². The predicted octanol–water partition coefficient (Wildman–Crippen LogP) is 3.85. The Bertz CT molecular complexity index is 614. The normalized spacial score (nSPS) is 10.8. The summed E-state index contributed by atoms with van der Waals surface area (Å²) in [5.74, 6) is 0. The molecule has 0 aliphatic carbocycles. The maximum absolute atomic E-state index is 12.8. The number of rotatable bonds is 3. The molecule has 0 saturated carbocycles. The summed E-state index contributed by atoms with van der Waals surface area (Å²) in [6, 6.07) is 12.7. The first kappa shape index (κ1) is 14.7. The molecule has 4 nitrogen and oxygen atoms in total. The van der Waals surface area contributed by atoms with Gasteiger partial charge in [0.2, 0.25) is 0 Å². The van der Waals surface area contributed by atoms with Gasteiger partial charge in [0.15, 0.2) is 0 Å². The number of benzene rings is 2. The van der Waals surface area contributed by atoms with Crippen molar-refractivity contribution in [3.05, 3.63) is 60.2 Å². The smallest absolute Gasteiger partial charge is 0.306 e. The molecule has 0 atom stereocenters. The number of hydrogen-bond acceptors (Lipinski definition) is 2. The third-order valence-corrected chi connectivity index (χ3v) is 2.57. The third kappa shape index (κ3) is 4.13. The third-order valence-electron chi connectivity index (χ3n) is 2.57. The summed E-state index contributed by atoms with van der Waals surface area (Å²) in [4.78, 5) is 11.6. The van der Waals surface area contributed by atoms with Crippen molar-refractivity contribution in [1.29, 1.82) is 0 Å². The van der Waals surface area contributed by atoms with Crippen LogP contribution in [0.5, 0.6) is 0 Å². The first-order valence-corrected chi connectivity index (χ1v) is 6.01. The van der Waals surface area contributed by atoms with Crippen molar-refractivity contribution >= 4 is 17.4 Å². The van der Waals surface area contributed by atoms with E-state index >= 15 is 0 Å². The molecule has 0 bridgehead atoms. The number of anilines is 2. The van der Waals surface area contributed by atoms with E-state index in [1.54, 1.807) is 30.3 Å². The van der Waals surface area contributed by atoms with Crippen LogP contribution < -0.4 is 16.2 Å². The maximum atomic E-state index is 12.8. The summed E-state index contributed by atoms with van der Waals surface area (Å²) in [6.45, 7) is 0. The number of carbonyl (C=O) groups is 1. The van der Waals surface area contributed by atoms with Crippen molar-refractivity contribution in [2.75, 3.05) is 10.7 Å². The Hall–Kier alpha value is -2.70. The van der Waals surface area contributed by atoms with Gasteiger partial charge in [0.05, 0.1) is 16.9 Å². The van der Waals surface area contributed by atoms with E-state index in [0.717, 1.165) is 6.07 Å². The number of alkyl halides is 3. The first-order chi connectivity index (χ1) is 9.97. The van der Waals surface area contributed by atoms with E-state index in [0.29, 0.717) is 5.69 Å². The number of nitrogens with one attached hydrogen (secondary N) is 3. The van der Waals surface area contributed by atoms with Gasteiger partial charge in [0.25, 0.3) is 0 Å². The maximum Gasteiger partial charge on any atom is 0.418 e. The number of para-hydroxylation sites is 2. The van der Waals surface area contributed by atoms with Gasteiger partial charge < -0.3 is 5.32 Å². The summed E-state index contributed by atoms with van der Waals surface area (Å²) < 4.78 is 38.3. The van der Waals surface area contributed by atoms with E-state index in [2.05, 4.69) is 16.2 Å². The minimum absolute atomic E-state index is 0.308. The second-order valence-corrected chi connectivity index (χ2v) is 4.11. The van der Waals surface area contributed by atoms with Gasteiger partial charge in [-0.3, -0.25) is 10.9 Å². The zero-order valence-corrected chi connectivity index (χ0v) is 10.7. The number of urea groups is 1. The lowest BCUT2D eigenvalue weighted by Crippen LogP contribution is -2.34. The van der Waals surface area contributed by atoms with Gasteiger partial charge in [-0.25, -0.2) is 4.79 Å². The van der Waals surface area contributed by atoms with Gasteiger partial charge >= 0.3 is 12.2 Å². The molecule has 7 heteroatoms. The van der Waals surface area contributed by atoms with Crippen LogP contribution in [0.1, 0.15) is 5.56 Å². The Labute approximate surface area is 118 Å². The lowest BCUT2D eigenvalue weighted by atomic mass is 10.1. The van der Waals surface area contributed by atoms with Crippen LogP contribution in [0.4, 0.5) is 29.3 Å². The molecule has 2 amide bonds. The number of halogens is 3.